The summed E-state index contributed by atoms with van der Waals surface area (Å²) in [4.78, 5) is 11.3. The van der Waals surface area contributed by atoms with E-state index in [1.54, 1.807) is 18.2 Å². The average molecular weight is 381 g/mol. The van der Waals surface area contributed by atoms with Gasteiger partial charge < -0.3 is 9.90 Å². The Balaban J connectivity index is 1.92. The lowest BCUT2D eigenvalue weighted by atomic mass is 10.0. The first-order chi connectivity index (χ1) is 13.7. The number of benzene rings is 4. The van der Waals surface area contributed by atoms with Crippen LogP contribution in [0.4, 0.5) is 0 Å². The highest BCUT2D eigenvalue weighted by Crippen LogP contribution is 2.37. The summed E-state index contributed by atoms with van der Waals surface area (Å²) < 4.78 is 0. The first-order valence-corrected chi connectivity index (χ1v) is 10.4. The summed E-state index contributed by atoms with van der Waals surface area (Å²) in [6.45, 7) is 0. The van der Waals surface area contributed by atoms with Gasteiger partial charge in [0.2, 0.25) is 0 Å². The molecule has 4 aromatic carbocycles. The zero-order chi connectivity index (χ0) is 19.3. The molecule has 4 aromatic rings. The Kier molecular flexibility index (Phi) is 5.32. The highest BCUT2D eigenvalue weighted by molar-refractivity contribution is 7.80. The van der Waals surface area contributed by atoms with E-state index in [0.29, 0.717) is 0 Å². The van der Waals surface area contributed by atoms with E-state index in [0.717, 1.165) is 11.1 Å². The van der Waals surface area contributed by atoms with Crippen LogP contribution < -0.4 is 21.0 Å². The number of hydrogen-bond donors (Lipinski definition) is 0. The van der Waals surface area contributed by atoms with Gasteiger partial charge in [0.25, 0.3) is 0 Å². The van der Waals surface area contributed by atoms with Gasteiger partial charge in [-0.2, -0.15) is 0 Å². The molecule has 0 atom stereocenters. The third-order valence-electron chi connectivity index (χ3n) is 4.58. The SMILES string of the molecule is O=C([O-])c1cccc(-c2ccccc2P(c2ccccc2)c2ccccc2)c1. The fourth-order valence-electron chi connectivity index (χ4n) is 3.31. The molecule has 0 aliphatic rings. The molecular weight excluding hydrogens is 363 g/mol. The van der Waals surface area contributed by atoms with Gasteiger partial charge in [-0.3, -0.25) is 0 Å². The van der Waals surface area contributed by atoms with Gasteiger partial charge in [0.05, 0.1) is 5.97 Å². The normalized spacial score (nSPS) is 10.8. The molecule has 0 aliphatic heterocycles. The highest BCUT2D eigenvalue weighted by atomic mass is 31.1. The maximum absolute atomic E-state index is 11.3. The molecule has 4 rings (SSSR count). The highest BCUT2D eigenvalue weighted by Gasteiger charge is 2.19. The van der Waals surface area contributed by atoms with Crippen molar-refractivity contribution in [1.82, 2.24) is 0 Å². The molecule has 0 radical (unpaired) electrons. The molecule has 0 saturated heterocycles. The van der Waals surface area contributed by atoms with E-state index >= 15 is 0 Å². The van der Waals surface area contributed by atoms with E-state index in [2.05, 4.69) is 60.7 Å². The smallest absolute Gasteiger partial charge is 0.0715 e. The Morgan fingerprint density at radius 1 is 0.643 bits per heavy atom. The van der Waals surface area contributed by atoms with Crippen molar-refractivity contribution in [2.45, 2.75) is 0 Å². The molecule has 136 valence electrons. The summed E-state index contributed by atoms with van der Waals surface area (Å²) in [6, 6.07) is 36.2. The summed E-state index contributed by atoms with van der Waals surface area (Å²) in [7, 11) is -0.778. The third kappa shape index (κ3) is 3.74. The van der Waals surface area contributed by atoms with Gasteiger partial charge in [-0.05, 0) is 46.6 Å². The molecule has 0 aliphatic carbocycles. The molecule has 0 unspecified atom stereocenters. The van der Waals surface area contributed by atoms with E-state index in [9.17, 15) is 9.90 Å². The summed E-state index contributed by atoms with van der Waals surface area (Å²) in [5.74, 6) is -1.16. The van der Waals surface area contributed by atoms with Crippen LogP contribution >= 0.6 is 7.92 Å². The lowest BCUT2D eigenvalue weighted by molar-refractivity contribution is -0.255. The third-order valence-corrected chi connectivity index (χ3v) is 7.08. The molecule has 0 bridgehead atoms. The van der Waals surface area contributed by atoms with Crippen LogP contribution in [0, 0.1) is 0 Å². The first kappa shape index (κ1) is 18.2. The van der Waals surface area contributed by atoms with Crippen LogP contribution in [-0.4, -0.2) is 5.97 Å². The van der Waals surface area contributed by atoms with Crippen LogP contribution in [0.3, 0.4) is 0 Å². The molecule has 0 saturated carbocycles. The lowest BCUT2D eigenvalue weighted by Crippen LogP contribution is -2.23. The Morgan fingerprint density at radius 2 is 1.21 bits per heavy atom. The molecule has 3 heteroatoms. The van der Waals surface area contributed by atoms with E-state index in [1.165, 1.54) is 15.9 Å². The average Bonchev–Trinajstić information content (AvgIpc) is 2.76. The van der Waals surface area contributed by atoms with Crippen molar-refractivity contribution in [2.75, 3.05) is 0 Å². The molecule has 0 heterocycles. The fraction of sp³-hybridized carbons (Fsp3) is 0. The zero-order valence-electron chi connectivity index (χ0n) is 15.2. The molecule has 0 aromatic heterocycles. The van der Waals surface area contributed by atoms with Crippen molar-refractivity contribution in [3.63, 3.8) is 0 Å². The number of carboxylic acids is 1. The predicted molar refractivity (Wildman–Crippen MR) is 115 cm³/mol. The van der Waals surface area contributed by atoms with Gasteiger partial charge in [0.15, 0.2) is 0 Å². The Labute approximate surface area is 165 Å². The minimum Gasteiger partial charge on any atom is -0.545 e. The molecular formula is C25H18O2P-. The van der Waals surface area contributed by atoms with E-state index in [1.807, 2.05) is 30.3 Å². The van der Waals surface area contributed by atoms with Gasteiger partial charge >= 0.3 is 0 Å². The summed E-state index contributed by atoms with van der Waals surface area (Å²) in [5.41, 5.74) is 2.12. The maximum Gasteiger partial charge on any atom is 0.0715 e. The molecule has 0 N–H and O–H groups in total. The van der Waals surface area contributed by atoms with Gasteiger partial charge in [-0.25, -0.2) is 0 Å². The van der Waals surface area contributed by atoms with Crippen LogP contribution in [-0.2, 0) is 0 Å². The maximum atomic E-state index is 11.3. The van der Waals surface area contributed by atoms with Crippen LogP contribution in [0.25, 0.3) is 11.1 Å². The largest absolute Gasteiger partial charge is 0.545 e. The summed E-state index contributed by atoms with van der Waals surface area (Å²) in [6.07, 6.45) is 0. The van der Waals surface area contributed by atoms with Crippen molar-refractivity contribution in [3.05, 3.63) is 115 Å². The van der Waals surface area contributed by atoms with Crippen molar-refractivity contribution in [1.29, 1.82) is 0 Å². The van der Waals surface area contributed by atoms with Crippen LogP contribution in [0.15, 0.2) is 109 Å². The van der Waals surface area contributed by atoms with Crippen molar-refractivity contribution >= 4 is 29.8 Å². The monoisotopic (exact) mass is 381 g/mol. The Hall–Kier alpha value is -3.22. The summed E-state index contributed by atoms with van der Waals surface area (Å²) >= 11 is 0. The van der Waals surface area contributed by atoms with Crippen molar-refractivity contribution in [2.24, 2.45) is 0 Å². The minimum absolute atomic E-state index is 0.191. The van der Waals surface area contributed by atoms with Crippen LogP contribution in [0.2, 0.25) is 0 Å². The van der Waals surface area contributed by atoms with Crippen LogP contribution in [0.5, 0.6) is 0 Å². The molecule has 0 fully saturated rings. The minimum atomic E-state index is -1.16. The standard InChI is InChI=1S/C25H19O2P/c26-25(27)20-11-9-10-19(18-20)23-16-7-8-17-24(23)28(21-12-3-1-4-13-21)22-14-5-2-6-15-22/h1-18H,(H,26,27)/p-1. The zero-order valence-corrected chi connectivity index (χ0v) is 16.1. The Morgan fingerprint density at radius 3 is 1.82 bits per heavy atom. The predicted octanol–water partition coefficient (Wildman–Crippen LogP) is 3.48. The molecule has 0 spiro atoms. The second kappa shape index (κ2) is 8.21. The Bertz CT molecular complexity index is 1050. The summed E-state index contributed by atoms with van der Waals surface area (Å²) in [5, 5.41) is 15.1. The van der Waals surface area contributed by atoms with E-state index in [4.69, 9.17) is 0 Å². The van der Waals surface area contributed by atoms with E-state index < -0.39 is 13.9 Å². The second-order valence-electron chi connectivity index (χ2n) is 6.39. The topological polar surface area (TPSA) is 40.1 Å². The number of aromatic carboxylic acids is 1. The van der Waals surface area contributed by atoms with Gasteiger partial charge in [0.1, 0.15) is 0 Å². The molecule has 28 heavy (non-hydrogen) atoms. The van der Waals surface area contributed by atoms with Crippen LogP contribution in [0.1, 0.15) is 10.4 Å². The second-order valence-corrected chi connectivity index (χ2v) is 8.58. The van der Waals surface area contributed by atoms with Gasteiger partial charge in [-0.1, -0.05) is 103 Å². The van der Waals surface area contributed by atoms with Gasteiger partial charge in [-0.15, -0.1) is 0 Å². The van der Waals surface area contributed by atoms with Gasteiger partial charge in [0, 0.05) is 0 Å². The van der Waals surface area contributed by atoms with Crippen molar-refractivity contribution < 1.29 is 9.90 Å². The first-order valence-electron chi connectivity index (χ1n) is 9.05. The van der Waals surface area contributed by atoms with Crippen molar-refractivity contribution in [3.8, 4) is 11.1 Å². The lowest BCUT2D eigenvalue weighted by Gasteiger charge is -2.22. The fourth-order valence-corrected chi connectivity index (χ4v) is 5.78. The molecule has 2 nitrogen and oxygen atoms in total. The quantitative estimate of drug-likeness (QED) is 0.497. The number of carbonyl (C=O) groups excluding carboxylic acids is 1. The number of rotatable bonds is 5. The number of carbonyl (C=O) groups is 1. The molecule has 0 amide bonds. The number of carboxylic acid groups (broad SMARTS) is 1. The van der Waals surface area contributed by atoms with E-state index in [-0.39, 0.29) is 5.56 Å². The number of hydrogen-bond acceptors (Lipinski definition) is 2.